The monoisotopic (exact) mass is 226 g/mol. The van der Waals surface area contributed by atoms with Crippen LogP contribution in [-0.2, 0) is 0 Å². The van der Waals surface area contributed by atoms with Crippen molar-refractivity contribution in [2.75, 3.05) is 0 Å². The highest BCUT2D eigenvalue weighted by Gasteiger charge is 2.35. The van der Waals surface area contributed by atoms with E-state index in [1.807, 2.05) is 34.6 Å². The van der Waals surface area contributed by atoms with E-state index in [-0.39, 0.29) is 0 Å². The molecule has 1 aromatic carbocycles. The van der Waals surface area contributed by atoms with Crippen molar-refractivity contribution in [2.45, 2.75) is 34.6 Å². The summed E-state index contributed by atoms with van der Waals surface area (Å²) in [5.74, 6) is 0. The summed E-state index contributed by atoms with van der Waals surface area (Å²) in [4.78, 5) is 28.3. The van der Waals surface area contributed by atoms with Gasteiger partial charge >= 0.3 is 8.80 Å². The fraction of sp³-hybridized carbons (Fsp3) is 0.455. The smallest absolute Gasteiger partial charge is 0.386 e. The van der Waals surface area contributed by atoms with Crippen molar-refractivity contribution < 1.29 is 14.4 Å². The van der Waals surface area contributed by atoms with Gasteiger partial charge in [-0.25, -0.2) is 0 Å². The highest BCUT2D eigenvalue weighted by molar-refractivity contribution is 6.72. The van der Waals surface area contributed by atoms with Gasteiger partial charge in [-0.1, -0.05) is 0 Å². The van der Waals surface area contributed by atoms with Crippen molar-refractivity contribution in [3.05, 3.63) is 27.8 Å². The Morgan fingerprint density at radius 2 is 0.867 bits per heavy atom. The first-order valence-corrected chi connectivity index (χ1v) is 6.76. The molecule has 0 aliphatic heterocycles. The van der Waals surface area contributed by atoms with Gasteiger partial charge in [-0.05, 0) is 62.4 Å². The molecule has 3 nitrogen and oxygen atoms in total. The second kappa shape index (κ2) is 3.72. The molecule has 3 N–H and O–H groups in total. The van der Waals surface area contributed by atoms with Gasteiger partial charge < -0.3 is 14.4 Å². The lowest BCUT2D eigenvalue weighted by atomic mass is 9.95. The van der Waals surface area contributed by atoms with E-state index in [4.69, 9.17) is 0 Å². The average Bonchev–Trinajstić information content (AvgIpc) is 2.09. The summed E-state index contributed by atoms with van der Waals surface area (Å²) in [7, 11) is -4.21. The number of benzene rings is 1. The van der Waals surface area contributed by atoms with Crippen molar-refractivity contribution in [3.63, 3.8) is 0 Å². The molecular weight excluding hydrogens is 208 g/mol. The zero-order valence-electron chi connectivity index (χ0n) is 9.84. The Kier molecular flexibility index (Phi) is 3.07. The van der Waals surface area contributed by atoms with Gasteiger partial charge in [0.2, 0.25) is 0 Å². The van der Waals surface area contributed by atoms with E-state index in [1.165, 1.54) is 0 Å². The van der Waals surface area contributed by atoms with Gasteiger partial charge in [-0.15, -0.1) is 0 Å². The van der Waals surface area contributed by atoms with Crippen LogP contribution in [0.5, 0.6) is 0 Å². The topological polar surface area (TPSA) is 60.7 Å². The molecule has 0 aromatic heterocycles. The normalized spacial score (nSPS) is 12.0. The highest BCUT2D eigenvalue weighted by atomic mass is 28.4. The molecule has 0 saturated carbocycles. The van der Waals surface area contributed by atoms with Gasteiger partial charge in [0.1, 0.15) is 0 Å². The Balaban J connectivity index is 3.68. The number of rotatable bonds is 1. The third kappa shape index (κ3) is 1.98. The van der Waals surface area contributed by atoms with E-state index in [2.05, 4.69) is 0 Å². The quantitative estimate of drug-likeness (QED) is 0.606. The highest BCUT2D eigenvalue weighted by Crippen LogP contribution is 2.20. The largest absolute Gasteiger partial charge is 0.529 e. The van der Waals surface area contributed by atoms with Gasteiger partial charge in [0.05, 0.1) is 0 Å². The Labute approximate surface area is 91.4 Å². The molecule has 0 aliphatic rings. The zero-order chi connectivity index (χ0) is 12.0. The molecule has 15 heavy (non-hydrogen) atoms. The molecule has 0 aliphatic carbocycles. The first-order chi connectivity index (χ1) is 6.68. The van der Waals surface area contributed by atoms with Crippen molar-refractivity contribution in [1.29, 1.82) is 0 Å². The van der Waals surface area contributed by atoms with Crippen LogP contribution in [0.2, 0.25) is 0 Å². The van der Waals surface area contributed by atoms with E-state index in [0.29, 0.717) is 5.19 Å². The first-order valence-electron chi connectivity index (χ1n) is 4.92. The minimum absolute atomic E-state index is 0.336. The summed E-state index contributed by atoms with van der Waals surface area (Å²) in [6.45, 7) is 9.49. The predicted octanol–water partition coefficient (Wildman–Crippen LogP) is 0.352. The van der Waals surface area contributed by atoms with Crippen LogP contribution in [0.4, 0.5) is 0 Å². The molecule has 0 atom stereocenters. The minimum atomic E-state index is -4.21. The summed E-state index contributed by atoms with van der Waals surface area (Å²) in [5, 5.41) is 0.336. The molecule has 0 amide bonds. The van der Waals surface area contributed by atoms with Crippen LogP contribution in [-0.4, -0.2) is 23.2 Å². The van der Waals surface area contributed by atoms with Crippen molar-refractivity contribution in [2.24, 2.45) is 0 Å². The Morgan fingerprint density at radius 3 is 1.13 bits per heavy atom. The third-order valence-electron chi connectivity index (χ3n) is 3.34. The van der Waals surface area contributed by atoms with Crippen molar-refractivity contribution >= 4 is 14.0 Å². The Bertz CT molecular complexity index is 376. The second-order valence-electron chi connectivity index (χ2n) is 4.14. The van der Waals surface area contributed by atoms with Crippen molar-refractivity contribution in [3.8, 4) is 0 Å². The molecule has 0 spiro atoms. The maximum absolute atomic E-state index is 9.44. The molecule has 0 bridgehead atoms. The molecule has 84 valence electrons. The molecule has 0 heterocycles. The maximum atomic E-state index is 9.44. The van der Waals surface area contributed by atoms with E-state index in [0.717, 1.165) is 27.8 Å². The van der Waals surface area contributed by atoms with Crippen LogP contribution < -0.4 is 5.19 Å². The van der Waals surface area contributed by atoms with Crippen LogP contribution in [0.25, 0.3) is 0 Å². The fourth-order valence-corrected chi connectivity index (χ4v) is 3.38. The molecule has 1 rings (SSSR count). The molecular formula is C11H18O3Si. The van der Waals surface area contributed by atoms with Crippen LogP contribution >= 0.6 is 0 Å². The van der Waals surface area contributed by atoms with Crippen LogP contribution in [0.15, 0.2) is 0 Å². The van der Waals surface area contributed by atoms with Crippen molar-refractivity contribution in [1.82, 2.24) is 0 Å². The number of hydrogen-bond acceptors (Lipinski definition) is 3. The van der Waals surface area contributed by atoms with E-state index in [1.54, 1.807) is 0 Å². The lowest BCUT2D eigenvalue weighted by Gasteiger charge is -2.21. The van der Waals surface area contributed by atoms with E-state index in [9.17, 15) is 14.4 Å². The summed E-state index contributed by atoms with van der Waals surface area (Å²) in [6, 6.07) is 0. The standard InChI is InChI=1S/C11H18O3Si/c1-6-7(2)9(4)11(15(12,13)14)10(5)8(6)3/h12-14H,1-5H3. The summed E-state index contributed by atoms with van der Waals surface area (Å²) < 4.78 is 0. The van der Waals surface area contributed by atoms with Crippen LogP contribution in [0, 0.1) is 34.6 Å². The molecule has 4 heteroatoms. The van der Waals surface area contributed by atoms with Gasteiger partial charge in [-0.2, -0.15) is 0 Å². The van der Waals surface area contributed by atoms with Gasteiger partial charge in [0, 0.05) is 5.19 Å². The number of hydrogen-bond donors (Lipinski definition) is 3. The second-order valence-corrected chi connectivity index (χ2v) is 5.91. The predicted molar refractivity (Wildman–Crippen MR) is 62.2 cm³/mol. The van der Waals surface area contributed by atoms with Gasteiger partial charge in [-0.3, -0.25) is 0 Å². The minimum Gasteiger partial charge on any atom is -0.386 e. The molecule has 0 unspecified atom stereocenters. The van der Waals surface area contributed by atoms with Gasteiger partial charge in [0.25, 0.3) is 0 Å². The van der Waals surface area contributed by atoms with E-state index < -0.39 is 8.80 Å². The Morgan fingerprint density at radius 1 is 0.600 bits per heavy atom. The van der Waals surface area contributed by atoms with Crippen LogP contribution in [0.3, 0.4) is 0 Å². The summed E-state index contributed by atoms with van der Waals surface area (Å²) >= 11 is 0. The third-order valence-corrected chi connectivity index (χ3v) is 4.76. The lowest BCUT2D eigenvalue weighted by molar-refractivity contribution is 0.249. The molecule has 0 saturated heterocycles. The lowest BCUT2D eigenvalue weighted by Crippen LogP contribution is -2.52. The molecule has 0 radical (unpaired) electrons. The summed E-state index contributed by atoms with van der Waals surface area (Å²) in [5.41, 5.74) is 4.75. The molecule has 1 aromatic rings. The van der Waals surface area contributed by atoms with E-state index >= 15 is 0 Å². The maximum Gasteiger partial charge on any atom is 0.529 e. The fourth-order valence-electron chi connectivity index (χ4n) is 2.00. The molecule has 0 fully saturated rings. The SMILES string of the molecule is Cc1c(C)c(C)c([Si](O)(O)O)c(C)c1C. The van der Waals surface area contributed by atoms with Gasteiger partial charge in [0.15, 0.2) is 0 Å². The van der Waals surface area contributed by atoms with Crippen LogP contribution in [0.1, 0.15) is 27.8 Å². The zero-order valence-corrected chi connectivity index (χ0v) is 10.8. The summed E-state index contributed by atoms with van der Waals surface area (Å²) in [6.07, 6.45) is 0. The first kappa shape index (κ1) is 12.4. The Hall–Kier alpha value is -0.683. The average molecular weight is 226 g/mol.